The van der Waals surface area contributed by atoms with Gasteiger partial charge in [-0.3, -0.25) is 37.3 Å². The van der Waals surface area contributed by atoms with Gasteiger partial charge in [-0.2, -0.15) is 0 Å². The lowest BCUT2D eigenvalue weighted by Crippen LogP contribution is -2.30. The van der Waals surface area contributed by atoms with Crippen LogP contribution in [0.15, 0.2) is 219 Å². The third-order valence-corrected chi connectivity index (χ3v) is 18.3. The summed E-state index contributed by atoms with van der Waals surface area (Å²) in [5.74, 6) is -2.44. The number of phosphoric ester groups is 2. The molecule has 0 aliphatic rings. The Kier molecular flexibility index (Phi) is 77.5. The Morgan fingerprint density at radius 2 is 0.500 bits per heavy atom. The summed E-state index contributed by atoms with van der Waals surface area (Å²) >= 11 is 0. The molecule has 0 aliphatic carbocycles. The zero-order valence-electron chi connectivity index (χ0n) is 69.0. The number of ether oxygens (including phenoxy) is 4. The molecule has 0 aromatic carbocycles. The predicted octanol–water partition coefficient (Wildman–Crippen LogP) is 25.2. The minimum Gasteiger partial charge on any atom is -0.462 e. The maximum absolute atomic E-state index is 13.1. The highest BCUT2D eigenvalue weighted by atomic mass is 31.2. The van der Waals surface area contributed by atoms with E-state index < -0.39 is 97.5 Å². The molecule has 19 heteroatoms. The smallest absolute Gasteiger partial charge is 0.462 e. The number of aliphatic hydroxyl groups is 1. The number of hydrogen-bond donors (Lipinski definition) is 3. The monoisotopic (exact) mass is 1600 g/mol. The molecule has 112 heavy (non-hydrogen) atoms. The van der Waals surface area contributed by atoms with Gasteiger partial charge in [0.1, 0.15) is 19.3 Å². The molecule has 5 atom stereocenters. The Hall–Kier alpha value is -6.62. The van der Waals surface area contributed by atoms with Crippen molar-refractivity contribution in [3.63, 3.8) is 0 Å². The van der Waals surface area contributed by atoms with Gasteiger partial charge in [-0.05, 0) is 180 Å². The molecule has 0 aromatic rings. The van der Waals surface area contributed by atoms with E-state index in [1.54, 1.807) is 12.2 Å². The number of aliphatic hydroxyl groups excluding tert-OH is 1. The average molecular weight is 1600 g/mol. The topological polar surface area (TPSA) is 237 Å². The van der Waals surface area contributed by atoms with Crippen LogP contribution in [0.3, 0.4) is 0 Å². The first-order chi connectivity index (χ1) is 54.7. The third kappa shape index (κ3) is 81.4. The summed E-state index contributed by atoms with van der Waals surface area (Å²) in [4.78, 5) is 73.2. The molecule has 0 fully saturated rings. The van der Waals surface area contributed by atoms with Crippen molar-refractivity contribution in [3.8, 4) is 0 Å². The quantitative estimate of drug-likeness (QED) is 0.0169. The van der Waals surface area contributed by atoms with Crippen LogP contribution in [0.1, 0.15) is 285 Å². The molecule has 0 amide bonds. The molecule has 0 heterocycles. The number of rotatable bonds is 76. The highest BCUT2D eigenvalue weighted by Gasteiger charge is 2.30. The molecule has 0 radical (unpaired) electrons. The number of carbonyl (C=O) groups excluding carboxylic acids is 4. The van der Waals surface area contributed by atoms with E-state index in [1.807, 2.05) is 12.2 Å². The summed E-state index contributed by atoms with van der Waals surface area (Å²) in [7, 11) is -10.0. The van der Waals surface area contributed by atoms with Gasteiger partial charge >= 0.3 is 39.5 Å². The van der Waals surface area contributed by atoms with Gasteiger partial charge in [0.2, 0.25) is 0 Å². The molecular weight excluding hydrogens is 1450 g/mol. The van der Waals surface area contributed by atoms with Crippen molar-refractivity contribution in [1.82, 2.24) is 0 Å². The van der Waals surface area contributed by atoms with Crippen molar-refractivity contribution in [1.29, 1.82) is 0 Å². The summed E-state index contributed by atoms with van der Waals surface area (Å²) in [6, 6.07) is 0. The highest BCUT2D eigenvalue weighted by molar-refractivity contribution is 7.47. The van der Waals surface area contributed by atoms with Crippen LogP contribution in [0.4, 0.5) is 0 Å². The number of hydrogen-bond acceptors (Lipinski definition) is 15. The molecule has 3 N–H and O–H groups in total. The Labute approximate surface area is 677 Å². The van der Waals surface area contributed by atoms with E-state index in [0.29, 0.717) is 25.7 Å². The first-order valence-corrected chi connectivity index (χ1v) is 45.0. The fourth-order valence-electron chi connectivity index (χ4n) is 10.2. The lowest BCUT2D eigenvalue weighted by Gasteiger charge is -2.21. The molecule has 630 valence electrons. The van der Waals surface area contributed by atoms with E-state index >= 15 is 0 Å². The largest absolute Gasteiger partial charge is 0.472 e. The SMILES string of the molecule is CC/C=C\C/C=C\C/C=C\C/C=C\C/C=C\CCCCCC(=O)OCC(COP(=O)(O)OCC(O)COP(=O)(O)OCC(COC(=O)CCCCC/C=C\C/C=C\C/C=C\C/C=C\C/C=C\CC)OC(=O)CCCCCCCC/C=C\C/C=C\C/C=C\CCCCC)OC(=O)C/C=C\C/C=C\C/C=C\C/C=C\C/C=C\CC. The van der Waals surface area contributed by atoms with Crippen molar-refractivity contribution in [2.75, 3.05) is 39.6 Å². The minimum absolute atomic E-state index is 0.0600. The highest BCUT2D eigenvalue weighted by Crippen LogP contribution is 2.45. The third-order valence-electron chi connectivity index (χ3n) is 16.4. The van der Waals surface area contributed by atoms with Crippen LogP contribution >= 0.6 is 15.6 Å². The van der Waals surface area contributed by atoms with E-state index in [4.69, 9.17) is 37.0 Å². The van der Waals surface area contributed by atoms with Crippen LogP contribution in [0.2, 0.25) is 0 Å². The van der Waals surface area contributed by atoms with Gasteiger partial charge in [-0.1, -0.05) is 298 Å². The van der Waals surface area contributed by atoms with Crippen LogP contribution < -0.4 is 0 Å². The summed E-state index contributed by atoms with van der Waals surface area (Å²) in [6.45, 7) is 4.28. The van der Waals surface area contributed by atoms with Gasteiger partial charge in [0, 0.05) is 19.3 Å². The van der Waals surface area contributed by atoms with Gasteiger partial charge in [0.25, 0.3) is 0 Å². The average Bonchev–Trinajstić information content (AvgIpc) is 0.898. The minimum atomic E-state index is -5.03. The second kappa shape index (κ2) is 82.4. The number of esters is 4. The van der Waals surface area contributed by atoms with E-state index in [0.717, 1.165) is 186 Å². The Balaban J connectivity index is 5.55. The fraction of sp³-hybridized carbons (Fsp3) is 0.570. The van der Waals surface area contributed by atoms with Crippen molar-refractivity contribution in [2.45, 2.75) is 303 Å². The molecular formula is C93H146O17P2. The Morgan fingerprint density at radius 3 is 0.804 bits per heavy atom. The summed E-state index contributed by atoms with van der Waals surface area (Å²) in [5, 5.41) is 10.7. The summed E-state index contributed by atoms with van der Waals surface area (Å²) in [5.41, 5.74) is 0. The molecule has 0 bridgehead atoms. The van der Waals surface area contributed by atoms with E-state index in [1.165, 1.54) is 19.3 Å². The Morgan fingerprint density at radius 1 is 0.268 bits per heavy atom. The summed E-state index contributed by atoms with van der Waals surface area (Å²) in [6.07, 6.45) is 105. The van der Waals surface area contributed by atoms with Crippen molar-refractivity contribution in [2.24, 2.45) is 0 Å². The molecule has 17 nitrogen and oxygen atoms in total. The van der Waals surface area contributed by atoms with Crippen molar-refractivity contribution in [3.05, 3.63) is 219 Å². The van der Waals surface area contributed by atoms with Crippen LogP contribution in [-0.4, -0.2) is 96.7 Å². The zero-order chi connectivity index (χ0) is 81.7. The first kappa shape index (κ1) is 105. The van der Waals surface area contributed by atoms with Crippen molar-refractivity contribution >= 4 is 39.5 Å². The standard InChI is InChI=1S/C93H146O17P2/c1-5-9-13-17-21-25-29-33-37-40-43-46-50-53-57-61-65-69-73-77-90(95)103-83-88(109-92(97)79-75-71-67-63-59-55-49-36-32-28-24-20-16-12-8-4)85-107-111(99,100)105-81-87(94)82-106-112(101,102)108-86-89(110-93(98)80-76-72-68-64-60-56-52-48-45-42-39-35-31-27-23-19-15-11-7-3)84-104-91(96)78-74-70-66-62-58-54-51-47-44-41-38-34-30-26-22-18-14-10-6-2/h9-10,12-14,16,21-28,33-39,43-49,53-54,57-59,63,71,75,87-89,94H,5-8,11,15,17-20,29-32,40-42,50-52,55-56,60-62,64-70,72-74,76-86H2,1-4H3,(H,99,100)(H,101,102)/b13-9-,14-10-,16-12-,25-21-,26-22-,27-23-,28-24-,37-33-,38-34-,39-35-,46-43-,47-44-,48-45-,49-36-,57-53-,58-54-,63-59-,75-71-. The maximum atomic E-state index is 13.1. The van der Waals surface area contributed by atoms with Gasteiger partial charge < -0.3 is 33.8 Å². The fourth-order valence-corrected chi connectivity index (χ4v) is 11.8. The first-order valence-electron chi connectivity index (χ1n) is 42.0. The number of unbranched alkanes of at least 4 members (excludes halogenated alkanes) is 15. The second-order valence-electron chi connectivity index (χ2n) is 26.9. The molecule has 0 saturated carbocycles. The number of phosphoric acid groups is 2. The van der Waals surface area contributed by atoms with Crippen LogP contribution in [0.5, 0.6) is 0 Å². The van der Waals surface area contributed by atoms with Crippen LogP contribution in [0, 0.1) is 0 Å². The number of allylic oxidation sites excluding steroid dienone is 35. The van der Waals surface area contributed by atoms with Gasteiger partial charge in [-0.25, -0.2) is 9.13 Å². The lowest BCUT2D eigenvalue weighted by molar-refractivity contribution is -0.161. The molecule has 0 spiro atoms. The van der Waals surface area contributed by atoms with Crippen molar-refractivity contribution < 1.29 is 80.2 Å². The molecule has 0 rings (SSSR count). The van der Waals surface area contributed by atoms with Gasteiger partial charge in [0.15, 0.2) is 12.2 Å². The predicted molar refractivity (Wildman–Crippen MR) is 463 cm³/mol. The van der Waals surface area contributed by atoms with Crippen LogP contribution in [0.25, 0.3) is 0 Å². The molecule has 0 aliphatic heterocycles. The zero-order valence-corrected chi connectivity index (χ0v) is 70.8. The second-order valence-corrected chi connectivity index (χ2v) is 29.8. The molecule has 5 unspecified atom stereocenters. The van der Waals surface area contributed by atoms with E-state index in [-0.39, 0.29) is 25.7 Å². The van der Waals surface area contributed by atoms with E-state index in [2.05, 4.69) is 222 Å². The summed E-state index contributed by atoms with van der Waals surface area (Å²) < 4.78 is 68.6. The molecule has 0 saturated heterocycles. The maximum Gasteiger partial charge on any atom is 0.472 e. The Bertz CT molecular complexity index is 2990. The van der Waals surface area contributed by atoms with E-state index in [9.17, 15) is 43.2 Å². The van der Waals surface area contributed by atoms with Gasteiger partial charge in [-0.15, -0.1) is 0 Å². The van der Waals surface area contributed by atoms with Gasteiger partial charge in [0.05, 0.1) is 32.8 Å². The lowest BCUT2D eigenvalue weighted by atomic mass is 10.1. The normalized spacial score (nSPS) is 14.9. The number of carbonyl (C=O) groups is 4. The van der Waals surface area contributed by atoms with Crippen LogP contribution in [-0.2, 0) is 65.4 Å². The molecule has 0 aromatic heterocycles.